The van der Waals surface area contributed by atoms with Gasteiger partial charge in [-0.05, 0) is 0 Å². The van der Waals surface area contributed by atoms with Gasteiger partial charge in [0.05, 0.1) is 13.1 Å². The summed E-state index contributed by atoms with van der Waals surface area (Å²) < 4.78 is 0. The first-order chi connectivity index (χ1) is 6.65. The molecule has 14 heavy (non-hydrogen) atoms. The minimum atomic E-state index is -0.356. The standard InChI is InChI=1S/C9H13N3O2/c1-3-4-12(2)9(14)7-5-11-8(13)6-10-7/h1,7,10H,4-6H2,2H3,(H,11,13). The molecule has 0 aliphatic carbocycles. The first-order valence-corrected chi connectivity index (χ1v) is 4.33. The normalized spacial score (nSPS) is 20.9. The molecule has 5 nitrogen and oxygen atoms in total. The molecule has 1 fully saturated rings. The maximum absolute atomic E-state index is 11.6. The van der Waals surface area contributed by atoms with Crippen LogP contribution in [0.1, 0.15) is 0 Å². The van der Waals surface area contributed by atoms with Crippen LogP contribution >= 0.6 is 0 Å². The zero-order valence-electron chi connectivity index (χ0n) is 8.04. The molecule has 1 saturated heterocycles. The van der Waals surface area contributed by atoms with E-state index in [1.807, 2.05) is 0 Å². The highest BCUT2D eigenvalue weighted by atomic mass is 16.2. The number of hydrogen-bond donors (Lipinski definition) is 2. The van der Waals surface area contributed by atoms with Crippen LogP contribution in [0.25, 0.3) is 0 Å². The Labute approximate surface area is 82.8 Å². The lowest BCUT2D eigenvalue weighted by atomic mass is 10.2. The van der Waals surface area contributed by atoms with Crippen LogP contribution in [-0.2, 0) is 9.59 Å². The number of rotatable bonds is 2. The summed E-state index contributed by atoms with van der Waals surface area (Å²) in [6, 6.07) is -0.356. The van der Waals surface area contributed by atoms with Gasteiger partial charge in [-0.1, -0.05) is 5.92 Å². The van der Waals surface area contributed by atoms with Crippen LogP contribution in [0.3, 0.4) is 0 Å². The summed E-state index contributed by atoms with van der Waals surface area (Å²) in [5.74, 6) is 2.20. The largest absolute Gasteiger partial charge is 0.353 e. The average molecular weight is 195 g/mol. The Balaban J connectivity index is 2.45. The van der Waals surface area contributed by atoms with E-state index in [0.29, 0.717) is 6.54 Å². The minimum Gasteiger partial charge on any atom is -0.353 e. The van der Waals surface area contributed by atoms with Crippen molar-refractivity contribution in [2.75, 3.05) is 26.7 Å². The monoisotopic (exact) mass is 195 g/mol. The highest BCUT2D eigenvalue weighted by Gasteiger charge is 2.25. The van der Waals surface area contributed by atoms with Crippen molar-refractivity contribution in [1.82, 2.24) is 15.5 Å². The molecule has 1 aliphatic rings. The Bertz CT molecular complexity index is 272. The van der Waals surface area contributed by atoms with Crippen LogP contribution in [0, 0.1) is 12.3 Å². The molecule has 5 heteroatoms. The number of amides is 2. The van der Waals surface area contributed by atoms with E-state index < -0.39 is 0 Å². The molecular weight excluding hydrogens is 182 g/mol. The predicted molar refractivity (Wildman–Crippen MR) is 51.3 cm³/mol. The molecule has 76 valence electrons. The van der Waals surface area contributed by atoms with Gasteiger partial charge in [-0.15, -0.1) is 6.42 Å². The van der Waals surface area contributed by atoms with Crippen LogP contribution < -0.4 is 10.6 Å². The summed E-state index contributed by atoms with van der Waals surface area (Å²) in [6.07, 6.45) is 5.08. The molecule has 2 N–H and O–H groups in total. The van der Waals surface area contributed by atoms with E-state index in [1.54, 1.807) is 7.05 Å². The highest BCUT2D eigenvalue weighted by molar-refractivity contribution is 5.86. The SMILES string of the molecule is C#CCN(C)C(=O)C1CNC(=O)CN1. The quantitative estimate of drug-likeness (QED) is 0.509. The van der Waals surface area contributed by atoms with Gasteiger partial charge in [0.15, 0.2) is 0 Å². The molecule has 2 amide bonds. The van der Waals surface area contributed by atoms with Crippen LogP contribution in [0.15, 0.2) is 0 Å². The first-order valence-electron chi connectivity index (χ1n) is 4.33. The molecule has 0 aromatic rings. The van der Waals surface area contributed by atoms with E-state index in [4.69, 9.17) is 6.42 Å². The van der Waals surface area contributed by atoms with Crippen molar-refractivity contribution in [1.29, 1.82) is 0 Å². The highest BCUT2D eigenvalue weighted by Crippen LogP contribution is 1.94. The third-order valence-electron chi connectivity index (χ3n) is 2.02. The van der Waals surface area contributed by atoms with Gasteiger partial charge in [-0.2, -0.15) is 0 Å². The molecule has 0 aromatic carbocycles. The van der Waals surface area contributed by atoms with Crippen molar-refractivity contribution in [3.8, 4) is 12.3 Å². The van der Waals surface area contributed by atoms with Gasteiger partial charge in [0.25, 0.3) is 0 Å². The maximum Gasteiger partial charge on any atom is 0.242 e. The average Bonchev–Trinajstić information content (AvgIpc) is 2.18. The van der Waals surface area contributed by atoms with Gasteiger partial charge in [0, 0.05) is 13.6 Å². The smallest absolute Gasteiger partial charge is 0.242 e. The summed E-state index contributed by atoms with van der Waals surface area (Å²) in [5.41, 5.74) is 0. The maximum atomic E-state index is 11.6. The summed E-state index contributed by atoms with van der Waals surface area (Å²) in [6.45, 7) is 0.790. The van der Waals surface area contributed by atoms with Crippen molar-refractivity contribution in [3.63, 3.8) is 0 Å². The van der Waals surface area contributed by atoms with E-state index in [2.05, 4.69) is 16.6 Å². The molecular formula is C9H13N3O2. The van der Waals surface area contributed by atoms with Crippen LogP contribution in [0.2, 0.25) is 0 Å². The molecule has 1 heterocycles. The molecule has 0 spiro atoms. The third-order valence-corrected chi connectivity index (χ3v) is 2.02. The number of hydrogen-bond acceptors (Lipinski definition) is 3. The van der Waals surface area contributed by atoms with E-state index >= 15 is 0 Å². The molecule has 1 atom stereocenters. The Hall–Kier alpha value is -1.54. The van der Waals surface area contributed by atoms with Crippen molar-refractivity contribution in [2.45, 2.75) is 6.04 Å². The van der Waals surface area contributed by atoms with E-state index in [0.717, 1.165) is 0 Å². The summed E-state index contributed by atoms with van der Waals surface area (Å²) in [7, 11) is 1.64. The second-order valence-electron chi connectivity index (χ2n) is 3.14. The lowest BCUT2D eigenvalue weighted by Crippen LogP contribution is -2.58. The minimum absolute atomic E-state index is 0.0892. The fourth-order valence-electron chi connectivity index (χ4n) is 1.22. The van der Waals surface area contributed by atoms with Gasteiger partial charge in [0.1, 0.15) is 6.04 Å². The van der Waals surface area contributed by atoms with Gasteiger partial charge >= 0.3 is 0 Å². The summed E-state index contributed by atoms with van der Waals surface area (Å²) >= 11 is 0. The number of nitrogens with one attached hydrogen (secondary N) is 2. The Morgan fingerprint density at radius 2 is 2.50 bits per heavy atom. The van der Waals surface area contributed by atoms with Crippen molar-refractivity contribution < 1.29 is 9.59 Å². The molecule has 1 unspecified atom stereocenters. The summed E-state index contributed by atoms with van der Waals surface area (Å²) in [5, 5.41) is 5.45. The second-order valence-corrected chi connectivity index (χ2v) is 3.14. The van der Waals surface area contributed by atoms with Gasteiger partial charge in [-0.25, -0.2) is 0 Å². The molecule has 0 aromatic heterocycles. The van der Waals surface area contributed by atoms with Gasteiger partial charge in [-0.3, -0.25) is 14.9 Å². The Kier molecular flexibility index (Phi) is 3.48. The van der Waals surface area contributed by atoms with E-state index in [-0.39, 0.29) is 30.9 Å². The zero-order chi connectivity index (χ0) is 10.6. The predicted octanol–water partition coefficient (Wildman–Crippen LogP) is -1.83. The number of terminal acetylenes is 1. The van der Waals surface area contributed by atoms with E-state index in [9.17, 15) is 9.59 Å². The molecule has 0 saturated carbocycles. The molecule has 1 rings (SSSR count). The number of carbonyl (C=O) groups excluding carboxylic acids is 2. The fraction of sp³-hybridized carbons (Fsp3) is 0.556. The Morgan fingerprint density at radius 1 is 1.79 bits per heavy atom. The zero-order valence-corrected chi connectivity index (χ0v) is 8.04. The van der Waals surface area contributed by atoms with E-state index in [1.165, 1.54) is 4.90 Å². The first kappa shape index (κ1) is 10.5. The van der Waals surface area contributed by atoms with Crippen LogP contribution in [-0.4, -0.2) is 49.4 Å². The third kappa shape index (κ3) is 2.47. The lowest BCUT2D eigenvalue weighted by Gasteiger charge is -2.26. The number of likely N-dealkylation sites (N-methyl/N-ethyl adjacent to an activating group) is 1. The number of piperazine rings is 1. The van der Waals surface area contributed by atoms with Crippen molar-refractivity contribution in [3.05, 3.63) is 0 Å². The Morgan fingerprint density at radius 3 is 3.00 bits per heavy atom. The van der Waals surface area contributed by atoms with Gasteiger partial charge < -0.3 is 10.2 Å². The van der Waals surface area contributed by atoms with Crippen LogP contribution in [0.5, 0.6) is 0 Å². The number of nitrogens with zero attached hydrogens (tertiary/aromatic N) is 1. The molecule has 0 radical (unpaired) electrons. The topological polar surface area (TPSA) is 61.4 Å². The molecule has 1 aliphatic heterocycles. The van der Waals surface area contributed by atoms with Crippen LogP contribution in [0.4, 0.5) is 0 Å². The van der Waals surface area contributed by atoms with Crippen molar-refractivity contribution >= 4 is 11.8 Å². The summed E-state index contributed by atoms with van der Waals surface area (Å²) in [4.78, 5) is 23.9. The fourth-order valence-corrected chi connectivity index (χ4v) is 1.22. The van der Waals surface area contributed by atoms with Gasteiger partial charge in [0.2, 0.25) is 11.8 Å². The molecule has 0 bridgehead atoms. The second kappa shape index (κ2) is 4.63. The lowest BCUT2D eigenvalue weighted by molar-refractivity contribution is -0.133. The van der Waals surface area contributed by atoms with Crippen molar-refractivity contribution in [2.24, 2.45) is 0 Å². The number of carbonyl (C=O) groups is 2.